The highest BCUT2D eigenvalue weighted by atomic mass is 19.2. The van der Waals surface area contributed by atoms with Crippen LogP contribution in [0.15, 0.2) is 41.7 Å². The summed E-state index contributed by atoms with van der Waals surface area (Å²) in [6.07, 6.45) is 1.38. The Morgan fingerprint density at radius 1 is 1.16 bits per heavy atom. The SMILES string of the molecule is NC(=NO)c1cc(Oc2ccc(F)c(F)c2)ccn1. The molecule has 0 atom stereocenters. The van der Waals surface area contributed by atoms with Gasteiger partial charge in [0.15, 0.2) is 17.5 Å². The van der Waals surface area contributed by atoms with Crippen LogP contribution in [0.5, 0.6) is 11.5 Å². The van der Waals surface area contributed by atoms with Crippen LogP contribution in [0.3, 0.4) is 0 Å². The smallest absolute Gasteiger partial charge is 0.188 e. The van der Waals surface area contributed by atoms with Crippen molar-refractivity contribution >= 4 is 5.84 Å². The summed E-state index contributed by atoms with van der Waals surface area (Å²) in [6.45, 7) is 0. The Bertz CT molecular complexity index is 632. The van der Waals surface area contributed by atoms with Gasteiger partial charge in [-0.05, 0) is 18.2 Å². The van der Waals surface area contributed by atoms with Crippen LogP contribution < -0.4 is 10.5 Å². The van der Waals surface area contributed by atoms with Crippen molar-refractivity contribution in [3.8, 4) is 11.5 Å². The molecular formula is C12H9F2N3O2. The fourth-order valence-electron chi connectivity index (χ4n) is 1.34. The molecule has 0 spiro atoms. The molecule has 0 fully saturated rings. The van der Waals surface area contributed by atoms with Crippen LogP contribution in [0.2, 0.25) is 0 Å². The second kappa shape index (κ2) is 5.30. The molecule has 0 radical (unpaired) electrons. The van der Waals surface area contributed by atoms with Gasteiger partial charge in [-0.2, -0.15) is 0 Å². The Kier molecular flexibility index (Phi) is 3.56. The van der Waals surface area contributed by atoms with Crippen LogP contribution in [-0.4, -0.2) is 16.0 Å². The summed E-state index contributed by atoms with van der Waals surface area (Å²) in [6, 6.07) is 6.04. The molecule has 0 saturated heterocycles. The van der Waals surface area contributed by atoms with E-state index in [1.54, 1.807) is 0 Å². The molecule has 19 heavy (non-hydrogen) atoms. The lowest BCUT2D eigenvalue weighted by Gasteiger charge is -2.06. The summed E-state index contributed by atoms with van der Waals surface area (Å²) >= 11 is 0. The number of pyridine rings is 1. The van der Waals surface area contributed by atoms with Crippen LogP contribution >= 0.6 is 0 Å². The minimum Gasteiger partial charge on any atom is -0.457 e. The summed E-state index contributed by atoms with van der Waals surface area (Å²) in [4.78, 5) is 3.85. The number of hydrogen-bond donors (Lipinski definition) is 2. The third kappa shape index (κ3) is 2.95. The molecule has 0 saturated carbocycles. The van der Waals surface area contributed by atoms with Crippen molar-refractivity contribution < 1.29 is 18.7 Å². The average Bonchev–Trinajstić information content (AvgIpc) is 2.42. The number of amidine groups is 1. The van der Waals surface area contributed by atoms with E-state index in [0.29, 0.717) is 5.75 Å². The Labute approximate surface area is 107 Å². The predicted molar refractivity (Wildman–Crippen MR) is 63.2 cm³/mol. The number of halogens is 2. The molecule has 0 aliphatic carbocycles. The van der Waals surface area contributed by atoms with Crippen molar-refractivity contribution in [3.05, 3.63) is 53.9 Å². The molecule has 0 amide bonds. The maximum atomic E-state index is 13.0. The topological polar surface area (TPSA) is 80.7 Å². The van der Waals surface area contributed by atoms with E-state index in [1.807, 2.05) is 0 Å². The molecule has 7 heteroatoms. The first-order chi connectivity index (χ1) is 9.10. The number of ether oxygens (including phenoxy) is 1. The van der Waals surface area contributed by atoms with Crippen LogP contribution in [0.1, 0.15) is 5.69 Å². The van der Waals surface area contributed by atoms with Gasteiger partial charge in [0.2, 0.25) is 0 Å². The zero-order valence-corrected chi connectivity index (χ0v) is 9.55. The van der Waals surface area contributed by atoms with Gasteiger partial charge < -0.3 is 15.7 Å². The van der Waals surface area contributed by atoms with E-state index in [0.717, 1.165) is 12.1 Å². The Morgan fingerprint density at radius 3 is 2.58 bits per heavy atom. The van der Waals surface area contributed by atoms with Gasteiger partial charge >= 0.3 is 0 Å². The zero-order valence-electron chi connectivity index (χ0n) is 9.55. The molecular weight excluding hydrogens is 256 g/mol. The highest BCUT2D eigenvalue weighted by Crippen LogP contribution is 2.23. The first-order valence-corrected chi connectivity index (χ1v) is 5.17. The Balaban J connectivity index is 2.26. The van der Waals surface area contributed by atoms with Crippen LogP contribution in [-0.2, 0) is 0 Å². The van der Waals surface area contributed by atoms with Crippen molar-refractivity contribution in [2.45, 2.75) is 0 Å². The summed E-state index contributed by atoms with van der Waals surface area (Å²) in [5.74, 6) is -1.74. The highest BCUT2D eigenvalue weighted by molar-refractivity contribution is 5.95. The van der Waals surface area contributed by atoms with Gasteiger partial charge in [0.05, 0.1) is 0 Å². The molecule has 98 valence electrons. The lowest BCUT2D eigenvalue weighted by atomic mass is 10.3. The van der Waals surface area contributed by atoms with E-state index >= 15 is 0 Å². The highest BCUT2D eigenvalue weighted by Gasteiger charge is 2.06. The van der Waals surface area contributed by atoms with Crippen molar-refractivity contribution in [1.29, 1.82) is 0 Å². The van der Waals surface area contributed by atoms with Crippen molar-refractivity contribution in [2.24, 2.45) is 10.9 Å². The van der Waals surface area contributed by atoms with Gasteiger partial charge in [-0.1, -0.05) is 5.16 Å². The van der Waals surface area contributed by atoms with E-state index < -0.39 is 11.6 Å². The average molecular weight is 265 g/mol. The molecule has 2 aromatic rings. The van der Waals surface area contributed by atoms with Gasteiger partial charge in [0.25, 0.3) is 0 Å². The maximum Gasteiger partial charge on any atom is 0.188 e. The van der Waals surface area contributed by atoms with E-state index in [4.69, 9.17) is 15.7 Å². The molecule has 1 aromatic carbocycles. The van der Waals surface area contributed by atoms with Crippen molar-refractivity contribution in [2.75, 3.05) is 0 Å². The largest absolute Gasteiger partial charge is 0.457 e. The molecule has 1 heterocycles. The fraction of sp³-hybridized carbons (Fsp3) is 0. The molecule has 0 aliphatic rings. The second-order valence-electron chi connectivity index (χ2n) is 3.54. The zero-order chi connectivity index (χ0) is 13.8. The first kappa shape index (κ1) is 12.7. The molecule has 0 unspecified atom stereocenters. The van der Waals surface area contributed by atoms with Crippen molar-refractivity contribution in [3.63, 3.8) is 0 Å². The third-order valence-electron chi connectivity index (χ3n) is 2.23. The number of oxime groups is 1. The molecule has 5 nitrogen and oxygen atoms in total. The normalized spacial score (nSPS) is 11.4. The van der Waals surface area contributed by atoms with Gasteiger partial charge in [0.1, 0.15) is 17.2 Å². The molecule has 0 bridgehead atoms. The summed E-state index contributed by atoms with van der Waals surface area (Å²) < 4.78 is 31.1. The summed E-state index contributed by atoms with van der Waals surface area (Å²) in [5, 5.41) is 11.3. The minimum atomic E-state index is -1.01. The standard InChI is InChI=1S/C12H9F2N3O2/c13-9-2-1-7(5-10(9)14)19-8-3-4-16-11(6-8)12(15)17-18/h1-6,18H,(H2,15,17). The number of benzene rings is 1. The molecule has 3 N–H and O–H groups in total. The number of aromatic nitrogens is 1. The second-order valence-corrected chi connectivity index (χ2v) is 3.54. The predicted octanol–water partition coefficient (Wildman–Crippen LogP) is 2.25. The summed E-state index contributed by atoms with van der Waals surface area (Å²) in [7, 11) is 0. The number of nitrogens with two attached hydrogens (primary N) is 1. The van der Waals surface area contributed by atoms with E-state index in [-0.39, 0.29) is 17.3 Å². The number of hydrogen-bond acceptors (Lipinski definition) is 4. The summed E-state index contributed by atoms with van der Waals surface area (Å²) in [5.41, 5.74) is 5.57. The molecule has 1 aromatic heterocycles. The van der Waals surface area contributed by atoms with E-state index in [1.165, 1.54) is 24.4 Å². The molecule has 0 aliphatic heterocycles. The van der Waals surface area contributed by atoms with Crippen LogP contribution in [0, 0.1) is 11.6 Å². The minimum absolute atomic E-state index is 0.121. The first-order valence-electron chi connectivity index (χ1n) is 5.17. The quantitative estimate of drug-likeness (QED) is 0.386. The van der Waals surface area contributed by atoms with Crippen LogP contribution in [0.4, 0.5) is 8.78 Å². The van der Waals surface area contributed by atoms with Gasteiger partial charge in [-0.15, -0.1) is 0 Å². The maximum absolute atomic E-state index is 13.0. The molecule has 2 rings (SSSR count). The Hall–Kier alpha value is -2.70. The number of rotatable bonds is 3. The fourth-order valence-corrected chi connectivity index (χ4v) is 1.34. The van der Waals surface area contributed by atoms with Gasteiger partial charge in [-0.25, -0.2) is 8.78 Å². The number of nitrogens with zero attached hydrogens (tertiary/aromatic N) is 2. The lowest BCUT2D eigenvalue weighted by molar-refractivity contribution is 0.318. The third-order valence-corrected chi connectivity index (χ3v) is 2.23. The van der Waals surface area contributed by atoms with Crippen molar-refractivity contribution in [1.82, 2.24) is 4.98 Å². The van der Waals surface area contributed by atoms with E-state index in [9.17, 15) is 8.78 Å². The van der Waals surface area contributed by atoms with E-state index in [2.05, 4.69) is 10.1 Å². The Morgan fingerprint density at radius 2 is 1.89 bits per heavy atom. The van der Waals surface area contributed by atoms with Crippen LogP contribution in [0.25, 0.3) is 0 Å². The lowest BCUT2D eigenvalue weighted by Crippen LogP contribution is -2.14. The van der Waals surface area contributed by atoms with Gasteiger partial charge in [-0.3, -0.25) is 4.98 Å². The van der Waals surface area contributed by atoms with Gasteiger partial charge in [0, 0.05) is 18.3 Å². The monoisotopic (exact) mass is 265 g/mol.